The Labute approximate surface area is 231 Å². The molecule has 3 aliphatic heterocycles. The van der Waals surface area contributed by atoms with Crippen molar-refractivity contribution < 1.29 is 19.2 Å². The highest BCUT2D eigenvalue weighted by Crippen LogP contribution is 2.45. The number of carbonyl (C=O) groups is 4. The third-order valence-electron chi connectivity index (χ3n) is 8.86. The fourth-order valence-electron chi connectivity index (χ4n) is 6.63. The summed E-state index contributed by atoms with van der Waals surface area (Å²) in [5.74, 6) is -0.0863. The monoisotopic (exact) mass is 550 g/mol. The molecule has 206 valence electrons. The van der Waals surface area contributed by atoms with E-state index in [9.17, 15) is 19.2 Å². The molecule has 0 bridgehead atoms. The van der Waals surface area contributed by atoms with Gasteiger partial charge < -0.3 is 10.6 Å². The number of rotatable bonds is 5. The number of primary amides is 1. The van der Waals surface area contributed by atoms with Gasteiger partial charge in [-0.1, -0.05) is 6.07 Å². The summed E-state index contributed by atoms with van der Waals surface area (Å²) < 4.78 is 0. The molecule has 3 N–H and O–H groups in total. The minimum atomic E-state index is -0.716. The number of carbonyl (C=O) groups excluding carboxylic acids is 4. The summed E-state index contributed by atoms with van der Waals surface area (Å²) in [7, 11) is 0. The molecule has 11 heteroatoms. The first-order chi connectivity index (χ1) is 18.8. The van der Waals surface area contributed by atoms with Crippen LogP contribution >= 0.6 is 11.3 Å². The fourth-order valence-corrected chi connectivity index (χ4v) is 7.65. The predicted octanol–water partition coefficient (Wildman–Crippen LogP) is 3.30. The lowest BCUT2D eigenvalue weighted by Crippen LogP contribution is -2.55. The number of imide groups is 1. The minimum Gasteiger partial charge on any atom is -0.351 e. The van der Waals surface area contributed by atoms with E-state index in [-0.39, 0.29) is 29.8 Å². The van der Waals surface area contributed by atoms with Crippen LogP contribution < -0.4 is 11.1 Å². The van der Waals surface area contributed by atoms with Crippen LogP contribution in [0.2, 0.25) is 0 Å². The molecular weight excluding hydrogens is 516 g/mol. The van der Waals surface area contributed by atoms with Gasteiger partial charge in [-0.05, 0) is 69.7 Å². The van der Waals surface area contributed by atoms with E-state index in [2.05, 4.69) is 15.2 Å². The van der Waals surface area contributed by atoms with Gasteiger partial charge in [-0.2, -0.15) is 0 Å². The zero-order valence-corrected chi connectivity index (χ0v) is 22.8. The first kappa shape index (κ1) is 25.9. The molecule has 0 aromatic carbocycles. The standard InChI is InChI=1S/C28H34N6O4S/c29-27(38)31-24-20(15-22(39-24)21-7-1-2-11-30-21)25(36)32-13-8-18(9-14-32)33-12-4-10-28(17-33)16-23(35)34(26(28)37)19-5-3-6-19/h1-2,7,11,15,18-19H,3-6,8-10,12-14,16-17H2,(H3,29,31,38). The number of amides is 5. The Kier molecular flexibility index (Phi) is 6.88. The van der Waals surface area contributed by atoms with E-state index in [1.165, 1.54) is 11.3 Å². The van der Waals surface area contributed by atoms with Gasteiger partial charge in [-0.25, -0.2) is 4.79 Å². The van der Waals surface area contributed by atoms with Gasteiger partial charge in [0.2, 0.25) is 11.8 Å². The molecule has 3 saturated heterocycles. The minimum absolute atomic E-state index is 0.00757. The lowest BCUT2D eigenvalue weighted by Gasteiger charge is -2.45. The first-order valence-corrected chi connectivity index (χ1v) is 14.7. The fraction of sp³-hybridized carbons (Fsp3) is 0.536. The lowest BCUT2D eigenvalue weighted by molar-refractivity contribution is -0.147. The average molecular weight is 551 g/mol. The molecule has 0 radical (unpaired) electrons. The molecule has 1 unspecified atom stereocenters. The van der Waals surface area contributed by atoms with Crippen LogP contribution in [0.15, 0.2) is 30.5 Å². The second-order valence-corrected chi connectivity index (χ2v) is 12.3. The molecule has 2 aromatic rings. The Bertz CT molecular complexity index is 1290. The van der Waals surface area contributed by atoms with Crippen molar-refractivity contribution in [2.45, 2.75) is 63.5 Å². The number of nitrogens with zero attached hydrogens (tertiary/aromatic N) is 4. The van der Waals surface area contributed by atoms with E-state index in [0.717, 1.165) is 62.1 Å². The van der Waals surface area contributed by atoms with E-state index >= 15 is 0 Å². The van der Waals surface area contributed by atoms with Crippen molar-refractivity contribution in [2.24, 2.45) is 11.1 Å². The van der Waals surface area contributed by atoms with Crippen LogP contribution in [0.5, 0.6) is 0 Å². The predicted molar refractivity (Wildman–Crippen MR) is 147 cm³/mol. The van der Waals surface area contributed by atoms with Crippen LogP contribution in [0.1, 0.15) is 61.7 Å². The topological polar surface area (TPSA) is 129 Å². The van der Waals surface area contributed by atoms with Gasteiger partial charge in [0.25, 0.3) is 5.91 Å². The van der Waals surface area contributed by atoms with Gasteiger partial charge in [0, 0.05) is 44.3 Å². The zero-order chi connectivity index (χ0) is 27.1. The van der Waals surface area contributed by atoms with Crippen molar-refractivity contribution in [1.82, 2.24) is 19.7 Å². The Morgan fingerprint density at radius 2 is 1.85 bits per heavy atom. The van der Waals surface area contributed by atoms with Crippen molar-refractivity contribution in [3.63, 3.8) is 0 Å². The SMILES string of the molecule is NC(=O)Nc1sc(-c2ccccn2)cc1C(=O)N1CCC(N2CCCC3(CC(=O)N(C4CCC4)C3=O)C2)CC1. The number of pyridine rings is 1. The molecular formula is C28H34N6O4S. The molecule has 2 aromatic heterocycles. The van der Waals surface area contributed by atoms with Gasteiger partial charge in [0.15, 0.2) is 0 Å². The Morgan fingerprint density at radius 3 is 2.51 bits per heavy atom. The van der Waals surface area contributed by atoms with Crippen molar-refractivity contribution >= 4 is 40.1 Å². The smallest absolute Gasteiger partial charge is 0.317 e. The van der Waals surface area contributed by atoms with Crippen LogP contribution in [-0.4, -0.2) is 81.7 Å². The summed E-state index contributed by atoms with van der Waals surface area (Å²) in [6, 6.07) is 6.99. The van der Waals surface area contributed by atoms with Crippen molar-refractivity contribution in [1.29, 1.82) is 0 Å². The summed E-state index contributed by atoms with van der Waals surface area (Å²) in [5, 5.41) is 3.03. The summed E-state index contributed by atoms with van der Waals surface area (Å²) in [5.41, 5.74) is 5.95. The van der Waals surface area contributed by atoms with Crippen molar-refractivity contribution in [3.05, 3.63) is 36.0 Å². The van der Waals surface area contributed by atoms with Crippen LogP contribution in [0.4, 0.5) is 9.80 Å². The second kappa shape index (κ2) is 10.3. The van der Waals surface area contributed by atoms with Crippen LogP contribution in [0, 0.1) is 5.41 Å². The van der Waals surface area contributed by atoms with Crippen LogP contribution in [0.3, 0.4) is 0 Å². The normalized spacial score (nSPS) is 24.8. The molecule has 1 saturated carbocycles. The molecule has 6 rings (SSSR count). The molecule has 39 heavy (non-hydrogen) atoms. The van der Waals surface area contributed by atoms with Gasteiger partial charge in [-0.15, -0.1) is 11.3 Å². The number of hydrogen-bond donors (Lipinski definition) is 2. The average Bonchev–Trinajstić information content (AvgIpc) is 3.42. The van der Waals surface area contributed by atoms with Gasteiger partial charge in [0.05, 0.1) is 21.5 Å². The van der Waals surface area contributed by atoms with E-state index < -0.39 is 11.4 Å². The number of piperidine rings is 2. The lowest BCUT2D eigenvalue weighted by atomic mass is 9.77. The highest BCUT2D eigenvalue weighted by atomic mass is 32.1. The summed E-state index contributed by atoms with van der Waals surface area (Å²) in [6.45, 7) is 2.71. The highest BCUT2D eigenvalue weighted by molar-refractivity contribution is 7.20. The Hall–Kier alpha value is -3.31. The highest BCUT2D eigenvalue weighted by Gasteiger charge is 2.55. The Morgan fingerprint density at radius 1 is 1.05 bits per heavy atom. The zero-order valence-electron chi connectivity index (χ0n) is 21.9. The third kappa shape index (κ3) is 4.82. The van der Waals surface area contributed by atoms with E-state index in [1.807, 2.05) is 23.1 Å². The largest absolute Gasteiger partial charge is 0.351 e. The molecule has 10 nitrogen and oxygen atoms in total. The van der Waals surface area contributed by atoms with Crippen LogP contribution in [-0.2, 0) is 9.59 Å². The summed E-state index contributed by atoms with van der Waals surface area (Å²) in [4.78, 5) is 62.4. The van der Waals surface area contributed by atoms with E-state index in [0.29, 0.717) is 36.6 Å². The number of thiophene rings is 1. The van der Waals surface area contributed by atoms with Gasteiger partial charge in [-0.3, -0.25) is 34.5 Å². The number of anilines is 1. The molecule has 5 amide bonds. The molecule has 1 atom stereocenters. The number of nitrogens with two attached hydrogens (primary N) is 1. The molecule has 4 aliphatic rings. The van der Waals surface area contributed by atoms with Gasteiger partial charge >= 0.3 is 6.03 Å². The third-order valence-corrected chi connectivity index (χ3v) is 9.93. The summed E-state index contributed by atoms with van der Waals surface area (Å²) in [6.07, 6.45) is 8.27. The van der Waals surface area contributed by atoms with E-state index in [4.69, 9.17) is 5.73 Å². The molecule has 1 spiro atoms. The number of likely N-dealkylation sites (tertiary alicyclic amines) is 3. The molecule has 4 fully saturated rings. The number of hydrogen-bond acceptors (Lipinski definition) is 7. The second-order valence-electron chi connectivity index (χ2n) is 11.3. The molecule has 1 aliphatic carbocycles. The first-order valence-electron chi connectivity index (χ1n) is 13.9. The van der Waals surface area contributed by atoms with Gasteiger partial charge in [0.1, 0.15) is 5.00 Å². The quantitative estimate of drug-likeness (QED) is 0.550. The van der Waals surface area contributed by atoms with Crippen molar-refractivity contribution in [3.8, 4) is 10.6 Å². The molecule has 5 heterocycles. The van der Waals surface area contributed by atoms with E-state index in [1.54, 1.807) is 17.2 Å². The van der Waals surface area contributed by atoms with Crippen molar-refractivity contribution in [2.75, 3.05) is 31.5 Å². The number of nitrogens with one attached hydrogen (secondary N) is 1. The maximum Gasteiger partial charge on any atom is 0.317 e. The number of urea groups is 1. The number of aromatic nitrogens is 1. The maximum atomic E-state index is 13.6. The Balaban J connectivity index is 1.12. The maximum absolute atomic E-state index is 13.6. The summed E-state index contributed by atoms with van der Waals surface area (Å²) >= 11 is 1.28. The van der Waals surface area contributed by atoms with Crippen LogP contribution in [0.25, 0.3) is 10.6 Å².